The Morgan fingerprint density at radius 2 is 2.00 bits per heavy atom. The lowest BCUT2D eigenvalue weighted by Crippen LogP contribution is -2.27. The van der Waals surface area contributed by atoms with E-state index in [-0.39, 0.29) is 17.1 Å². The average molecular weight is 272 g/mol. The first-order valence-electron chi connectivity index (χ1n) is 5.51. The number of benzene rings is 1. The minimum Gasteiger partial charge on any atom is -0.496 e. The van der Waals surface area contributed by atoms with E-state index >= 15 is 0 Å². The molecule has 0 bridgehead atoms. The molecule has 1 unspecified atom stereocenters. The number of hydrogen-bond acceptors (Lipinski definition) is 3. The number of methoxy groups -OCH3 is 1. The molecule has 1 atom stereocenters. The maximum Gasteiger partial charge on any atom is 0.179 e. The van der Waals surface area contributed by atoms with Crippen LogP contribution in [0.25, 0.3) is 0 Å². The normalized spacial score (nSPS) is 13.2. The van der Waals surface area contributed by atoms with Gasteiger partial charge in [0.1, 0.15) is 11.6 Å². The molecule has 0 saturated heterocycles. The molecule has 0 aliphatic heterocycles. The molecule has 0 fully saturated rings. The molecule has 0 spiro atoms. The molecule has 3 nitrogen and oxygen atoms in total. The highest BCUT2D eigenvalue weighted by Crippen LogP contribution is 2.21. The fourth-order valence-corrected chi connectivity index (χ4v) is 2.14. The van der Waals surface area contributed by atoms with E-state index in [1.165, 1.54) is 19.2 Å². The van der Waals surface area contributed by atoms with Crippen molar-refractivity contribution in [1.29, 1.82) is 0 Å². The summed E-state index contributed by atoms with van der Waals surface area (Å²) in [5.41, 5.74) is 0.134. The molecule has 1 aromatic rings. The zero-order valence-corrected chi connectivity index (χ0v) is 11.8. The number of rotatable bonds is 4. The van der Waals surface area contributed by atoms with Gasteiger partial charge in [0.15, 0.2) is 5.78 Å². The summed E-state index contributed by atoms with van der Waals surface area (Å²) in [6.07, 6.45) is 0. The first-order valence-corrected chi connectivity index (χ1v) is 6.83. The lowest BCUT2D eigenvalue weighted by molar-refractivity contribution is 0.101. The van der Waals surface area contributed by atoms with Crippen LogP contribution < -0.4 is 4.74 Å². The molecule has 1 aromatic carbocycles. The predicted octanol–water partition coefficient (Wildman–Crippen LogP) is 2.56. The molecule has 0 saturated carbocycles. The van der Waals surface area contributed by atoms with Gasteiger partial charge in [-0.1, -0.05) is 0 Å². The molecule has 0 aliphatic rings. The smallest absolute Gasteiger partial charge is 0.179 e. The Balaban J connectivity index is 2.98. The van der Waals surface area contributed by atoms with Crippen molar-refractivity contribution in [2.75, 3.05) is 12.9 Å². The van der Waals surface area contributed by atoms with Crippen LogP contribution in [-0.4, -0.2) is 27.6 Å². The Labute approximate surface area is 109 Å². The van der Waals surface area contributed by atoms with E-state index in [0.717, 1.165) is 6.07 Å². The number of halogens is 1. The number of ketones is 1. The molecule has 1 rings (SSSR count). The van der Waals surface area contributed by atoms with Gasteiger partial charge < -0.3 is 4.74 Å². The minimum absolute atomic E-state index is 0.134. The van der Waals surface area contributed by atoms with Crippen LogP contribution in [-0.2, 0) is 10.8 Å². The first kappa shape index (κ1) is 14.8. The fraction of sp³-hybridized carbons (Fsp3) is 0.462. The Morgan fingerprint density at radius 1 is 1.39 bits per heavy atom. The number of hydrogen-bond donors (Lipinski definition) is 0. The van der Waals surface area contributed by atoms with E-state index in [0.29, 0.717) is 5.75 Å². The van der Waals surface area contributed by atoms with Crippen molar-refractivity contribution in [2.24, 2.45) is 0 Å². The maximum absolute atomic E-state index is 13.1. The SMILES string of the molecule is COc1ccc(F)cc1C(=O)CS(=O)C(C)(C)C. The van der Waals surface area contributed by atoms with E-state index in [9.17, 15) is 13.4 Å². The van der Waals surface area contributed by atoms with Crippen molar-refractivity contribution >= 4 is 16.6 Å². The second-order valence-electron chi connectivity index (χ2n) is 4.87. The molecule has 0 radical (unpaired) electrons. The Kier molecular flexibility index (Phi) is 4.62. The van der Waals surface area contributed by atoms with Gasteiger partial charge in [-0.05, 0) is 39.0 Å². The van der Waals surface area contributed by atoms with Gasteiger partial charge in [0.2, 0.25) is 0 Å². The molecular formula is C13H17FO3S. The maximum atomic E-state index is 13.1. The monoisotopic (exact) mass is 272 g/mol. The van der Waals surface area contributed by atoms with Crippen LogP contribution in [0.1, 0.15) is 31.1 Å². The molecule has 0 aromatic heterocycles. The van der Waals surface area contributed by atoms with Gasteiger partial charge in [0.25, 0.3) is 0 Å². The van der Waals surface area contributed by atoms with Gasteiger partial charge in [-0.15, -0.1) is 0 Å². The standard InChI is InChI=1S/C13H17FO3S/c1-13(2,3)18(16)8-11(15)10-7-9(14)5-6-12(10)17-4/h5-7H,8H2,1-4H3. The summed E-state index contributed by atoms with van der Waals surface area (Å²) in [4.78, 5) is 12.0. The zero-order chi connectivity index (χ0) is 13.9. The molecule has 0 N–H and O–H groups in total. The summed E-state index contributed by atoms with van der Waals surface area (Å²) in [7, 11) is 0.0952. The Hall–Kier alpha value is -1.23. The molecule has 100 valence electrons. The van der Waals surface area contributed by atoms with E-state index in [1.807, 2.05) is 0 Å². The molecule has 5 heteroatoms. The molecular weight excluding hydrogens is 255 g/mol. The fourth-order valence-electron chi connectivity index (χ4n) is 1.31. The van der Waals surface area contributed by atoms with Crippen LogP contribution in [0, 0.1) is 5.82 Å². The highest BCUT2D eigenvalue weighted by Gasteiger charge is 2.24. The van der Waals surface area contributed by atoms with Crippen molar-refractivity contribution in [3.05, 3.63) is 29.6 Å². The van der Waals surface area contributed by atoms with Crippen molar-refractivity contribution < 1.29 is 18.1 Å². The topological polar surface area (TPSA) is 43.4 Å². The van der Waals surface area contributed by atoms with Gasteiger partial charge in [0.05, 0.1) is 18.4 Å². The highest BCUT2D eigenvalue weighted by molar-refractivity contribution is 7.87. The number of Topliss-reactive ketones (excluding diaryl/α,β-unsaturated/α-hetero) is 1. The zero-order valence-electron chi connectivity index (χ0n) is 11.0. The van der Waals surface area contributed by atoms with Gasteiger partial charge in [-0.3, -0.25) is 9.00 Å². The summed E-state index contributed by atoms with van der Waals surface area (Å²) in [5, 5.41) is 0. The van der Waals surface area contributed by atoms with Crippen LogP contribution in [0.5, 0.6) is 5.75 Å². The lowest BCUT2D eigenvalue weighted by Gasteiger charge is -2.17. The third-order valence-electron chi connectivity index (χ3n) is 2.41. The third-order valence-corrected chi connectivity index (χ3v) is 4.30. The molecule has 18 heavy (non-hydrogen) atoms. The van der Waals surface area contributed by atoms with Crippen molar-refractivity contribution in [2.45, 2.75) is 25.5 Å². The lowest BCUT2D eigenvalue weighted by atomic mass is 10.1. The Bertz CT molecular complexity index is 478. The molecule has 0 amide bonds. The average Bonchev–Trinajstić information content (AvgIpc) is 2.27. The second kappa shape index (κ2) is 5.61. The summed E-state index contributed by atoms with van der Waals surface area (Å²) >= 11 is 0. The largest absolute Gasteiger partial charge is 0.496 e. The summed E-state index contributed by atoms with van der Waals surface area (Å²) in [6, 6.07) is 3.72. The molecule has 0 aliphatic carbocycles. The van der Waals surface area contributed by atoms with Crippen molar-refractivity contribution in [3.8, 4) is 5.75 Å². The van der Waals surface area contributed by atoms with Crippen LogP contribution in [0.4, 0.5) is 4.39 Å². The van der Waals surface area contributed by atoms with Crippen LogP contribution in [0.2, 0.25) is 0 Å². The van der Waals surface area contributed by atoms with Gasteiger partial charge >= 0.3 is 0 Å². The third kappa shape index (κ3) is 3.63. The summed E-state index contributed by atoms with van der Waals surface area (Å²) in [5.74, 6) is -0.726. The number of ether oxygens (including phenoxy) is 1. The van der Waals surface area contributed by atoms with Crippen LogP contribution >= 0.6 is 0 Å². The summed E-state index contributed by atoms with van der Waals surface area (Å²) < 4.78 is 29.5. The highest BCUT2D eigenvalue weighted by atomic mass is 32.2. The van der Waals surface area contributed by atoms with Gasteiger partial charge in [0, 0.05) is 15.5 Å². The number of carbonyl (C=O) groups excluding carboxylic acids is 1. The van der Waals surface area contributed by atoms with Crippen LogP contribution in [0.15, 0.2) is 18.2 Å². The number of carbonyl (C=O) groups is 1. The van der Waals surface area contributed by atoms with E-state index < -0.39 is 21.4 Å². The minimum atomic E-state index is -1.31. The van der Waals surface area contributed by atoms with Crippen LogP contribution in [0.3, 0.4) is 0 Å². The Morgan fingerprint density at radius 3 is 2.50 bits per heavy atom. The van der Waals surface area contributed by atoms with Crippen molar-refractivity contribution in [3.63, 3.8) is 0 Å². The molecule has 0 heterocycles. The summed E-state index contributed by atoms with van der Waals surface area (Å²) in [6.45, 7) is 5.37. The predicted molar refractivity (Wildman–Crippen MR) is 70.0 cm³/mol. The first-order chi connectivity index (χ1) is 8.25. The van der Waals surface area contributed by atoms with Crippen molar-refractivity contribution in [1.82, 2.24) is 0 Å². The van der Waals surface area contributed by atoms with E-state index in [4.69, 9.17) is 4.74 Å². The quantitative estimate of drug-likeness (QED) is 0.791. The second-order valence-corrected chi connectivity index (χ2v) is 7.07. The van der Waals surface area contributed by atoms with Gasteiger partial charge in [-0.2, -0.15) is 0 Å². The van der Waals surface area contributed by atoms with E-state index in [2.05, 4.69) is 0 Å². The van der Waals surface area contributed by atoms with E-state index in [1.54, 1.807) is 20.8 Å². The van der Waals surface area contributed by atoms with Gasteiger partial charge in [-0.25, -0.2) is 4.39 Å².